The molecule has 0 aliphatic rings. The van der Waals surface area contributed by atoms with E-state index in [1.807, 2.05) is 27.7 Å². The zero-order chi connectivity index (χ0) is 16.5. The smallest absolute Gasteiger partial charge is 0.329 e. The summed E-state index contributed by atoms with van der Waals surface area (Å²) in [5.41, 5.74) is 5.34. The molecule has 0 aromatic carbocycles. The maximum atomic E-state index is 11.5. The van der Waals surface area contributed by atoms with Crippen LogP contribution in [0, 0.1) is 10.8 Å². The summed E-state index contributed by atoms with van der Waals surface area (Å²) in [7, 11) is 0. The molecule has 0 unspecified atom stereocenters. The summed E-state index contributed by atoms with van der Waals surface area (Å²) < 4.78 is 10.4. The second-order valence-electron chi connectivity index (χ2n) is 6.69. The van der Waals surface area contributed by atoms with Crippen molar-refractivity contribution >= 4 is 11.9 Å². The molecule has 0 radical (unpaired) electrons. The van der Waals surface area contributed by atoms with Crippen molar-refractivity contribution in [2.24, 2.45) is 16.6 Å². The topological polar surface area (TPSA) is 111 Å². The van der Waals surface area contributed by atoms with Crippen molar-refractivity contribution < 1.29 is 24.2 Å². The Bertz CT molecular complexity index is 342. The van der Waals surface area contributed by atoms with Crippen molar-refractivity contribution in [1.82, 2.24) is 5.32 Å². The Morgan fingerprint density at radius 2 is 1.62 bits per heavy atom. The predicted molar refractivity (Wildman–Crippen MR) is 78.9 cm³/mol. The van der Waals surface area contributed by atoms with Crippen LogP contribution in [-0.2, 0) is 19.1 Å². The number of hydrogen-bond donors (Lipinski definition) is 3. The van der Waals surface area contributed by atoms with Crippen molar-refractivity contribution in [2.75, 3.05) is 39.5 Å². The van der Waals surface area contributed by atoms with Gasteiger partial charge in [-0.25, -0.2) is 4.79 Å². The van der Waals surface area contributed by atoms with E-state index in [4.69, 9.17) is 20.3 Å². The maximum absolute atomic E-state index is 11.5. The van der Waals surface area contributed by atoms with Crippen molar-refractivity contribution in [3.63, 3.8) is 0 Å². The fourth-order valence-electron chi connectivity index (χ4n) is 1.33. The minimum absolute atomic E-state index is 0.0655. The SMILES string of the molecule is CC(C)(CN)COCC(C)(C)CNC(=O)COCC(=O)O. The first-order chi connectivity index (χ1) is 9.58. The molecule has 1 amide bonds. The molecular weight excluding hydrogens is 276 g/mol. The molecule has 0 heterocycles. The predicted octanol–water partition coefficient (Wildman–Crippen LogP) is 0.232. The van der Waals surface area contributed by atoms with E-state index in [-0.39, 0.29) is 23.3 Å². The number of nitrogens with one attached hydrogen (secondary N) is 1. The molecule has 0 spiro atoms. The number of carboxylic acid groups (broad SMARTS) is 1. The maximum Gasteiger partial charge on any atom is 0.329 e. The van der Waals surface area contributed by atoms with Crippen LogP contribution >= 0.6 is 0 Å². The van der Waals surface area contributed by atoms with Crippen molar-refractivity contribution in [3.05, 3.63) is 0 Å². The zero-order valence-corrected chi connectivity index (χ0v) is 13.4. The van der Waals surface area contributed by atoms with E-state index in [1.54, 1.807) is 0 Å². The molecule has 0 saturated heterocycles. The van der Waals surface area contributed by atoms with Gasteiger partial charge in [0, 0.05) is 17.4 Å². The highest BCUT2D eigenvalue weighted by atomic mass is 16.5. The van der Waals surface area contributed by atoms with Gasteiger partial charge in [0.2, 0.25) is 5.91 Å². The average molecular weight is 304 g/mol. The molecule has 7 nitrogen and oxygen atoms in total. The highest BCUT2D eigenvalue weighted by molar-refractivity contribution is 5.77. The van der Waals surface area contributed by atoms with Crippen LogP contribution < -0.4 is 11.1 Å². The molecule has 124 valence electrons. The van der Waals surface area contributed by atoms with Gasteiger partial charge < -0.3 is 25.6 Å². The molecule has 0 aliphatic heterocycles. The molecule has 0 atom stereocenters. The van der Waals surface area contributed by atoms with Crippen LogP contribution in [-0.4, -0.2) is 56.5 Å². The molecule has 0 aliphatic carbocycles. The van der Waals surface area contributed by atoms with Crippen LogP contribution in [0.1, 0.15) is 27.7 Å². The lowest BCUT2D eigenvalue weighted by molar-refractivity contribution is -0.143. The van der Waals surface area contributed by atoms with Gasteiger partial charge in [-0.3, -0.25) is 4.79 Å². The van der Waals surface area contributed by atoms with E-state index in [9.17, 15) is 9.59 Å². The van der Waals surface area contributed by atoms with Crippen molar-refractivity contribution in [3.8, 4) is 0 Å². The van der Waals surface area contributed by atoms with Gasteiger partial charge in [-0.05, 0) is 6.54 Å². The molecule has 7 heteroatoms. The zero-order valence-electron chi connectivity index (χ0n) is 13.4. The Balaban J connectivity index is 3.90. The Morgan fingerprint density at radius 1 is 1.05 bits per heavy atom. The van der Waals surface area contributed by atoms with Gasteiger partial charge >= 0.3 is 5.97 Å². The van der Waals surface area contributed by atoms with Gasteiger partial charge in [-0.2, -0.15) is 0 Å². The van der Waals surface area contributed by atoms with Crippen LogP contribution in [0.25, 0.3) is 0 Å². The van der Waals surface area contributed by atoms with Gasteiger partial charge in [0.25, 0.3) is 0 Å². The highest BCUT2D eigenvalue weighted by Crippen LogP contribution is 2.18. The number of carbonyl (C=O) groups excluding carboxylic acids is 1. The Hall–Kier alpha value is -1.18. The highest BCUT2D eigenvalue weighted by Gasteiger charge is 2.22. The third-order valence-electron chi connectivity index (χ3n) is 2.76. The molecule has 0 aromatic heterocycles. The number of aliphatic carboxylic acids is 1. The first-order valence-electron chi connectivity index (χ1n) is 6.92. The summed E-state index contributed by atoms with van der Waals surface area (Å²) in [6.07, 6.45) is 0. The number of carbonyl (C=O) groups is 2. The van der Waals surface area contributed by atoms with Crippen LogP contribution in [0.4, 0.5) is 0 Å². The lowest BCUT2D eigenvalue weighted by Crippen LogP contribution is -2.39. The number of hydrogen-bond acceptors (Lipinski definition) is 5. The van der Waals surface area contributed by atoms with Gasteiger partial charge in [-0.15, -0.1) is 0 Å². The third-order valence-corrected chi connectivity index (χ3v) is 2.76. The molecule has 0 fully saturated rings. The number of nitrogens with two attached hydrogens (primary N) is 1. The summed E-state index contributed by atoms with van der Waals surface area (Å²) in [6, 6.07) is 0. The monoisotopic (exact) mass is 304 g/mol. The van der Waals surface area contributed by atoms with Crippen molar-refractivity contribution in [2.45, 2.75) is 27.7 Å². The second kappa shape index (κ2) is 8.96. The summed E-state index contributed by atoms with van der Waals surface area (Å²) >= 11 is 0. The van der Waals surface area contributed by atoms with Gasteiger partial charge in [0.15, 0.2) is 0 Å². The van der Waals surface area contributed by atoms with Crippen LogP contribution in [0.2, 0.25) is 0 Å². The Labute approximate surface area is 126 Å². The first kappa shape index (κ1) is 19.8. The number of rotatable bonds is 11. The van der Waals surface area contributed by atoms with E-state index in [1.165, 1.54) is 0 Å². The van der Waals surface area contributed by atoms with E-state index in [0.717, 1.165) is 0 Å². The lowest BCUT2D eigenvalue weighted by atomic mass is 9.93. The third kappa shape index (κ3) is 11.2. The second-order valence-corrected chi connectivity index (χ2v) is 6.69. The molecule has 0 bridgehead atoms. The Kier molecular flexibility index (Phi) is 8.46. The molecule has 0 saturated carbocycles. The summed E-state index contributed by atoms with van der Waals surface area (Å²) in [6.45, 7) is 9.29. The number of carboxylic acids is 1. The number of ether oxygens (including phenoxy) is 2. The molecule has 0 aromatic rings. The fraction of sp³-hybridized carbons (Fsp3) is 0.857. The molecule has 4 N–H and O–H groups in total. The number of amides is 1. The van der Waals surface area contributed by atoms with E-state index < -0.39 is 12.6 Å². The lowest BCUT2D eigenvalue weighted by Gasteiger charge is -2.28. The van der Waals surface area contributed by atoms with Gasteiger partial charge in [-0.1, -0.05) is 27.7 Å². The van der Waals surface area contributed by atoms with E-state index in [2.05, 4.69) is 5.32 Å². The van der Waals surface area contributed by atoms with Gasteiger partial charge in [0.1, 0.15) is 13.2 Å². The van der Waals surface area contributed by atoms with Gasteiger partial charge in [0.05, 0.1) is 13.2 Å². The quantitative estimate of drug-likeness (QED) is 0.504. The largest absolute Gasteiger partial charge is 0.480 e. The standard InChI is InChI=1S/C14H28N2O5/c1-13(2,7-15)9-21-10-14(3,4)8-16-11(17)5-20-6-12(18)19/h5-10,15H2,1-4H3,(H,16,17)(H,18,19). The van der Waals surface area contributed by atoms with E-state index >= 15 is 0 Å². The normalized spacial score (nSPS) is 12.2. The summed E-state index contributed by atoms with van der Waals surface area (Å²) in [4.78, 5) is 21.7. The molecule has 21 heavy (non-hydrogen) atoms. The van der Waals surface area contributed by atoms with Crippen molar-refractivity contribution in [1.29, 1.82) is 0 Å². The fourth-order valence-corrected chi connectivity index (χ4v) is 1.33. The Morgan fingerprint density at radius 3 is 2.14 bits per heavy atom. The molecule has 0 rings (SSSR count). The first-order valence-corrected chi connectivity index (χ1v) is 6.92. The summed E-state index contributed by atoms with van der Waals surface area (Å²) in [5, 5.41) is 11.1. The average Bonchev–Trinajstić information content (AvgIpc) is 2.35. The minimum Gasteiger partial charge on any atom is -0.480 e. The van der Waals surface area contributed by atoms with Crippen LogP contribution in [0.5, 0.6) is 0 Å². The minimum atomic E-state index is -1.10. The van der Waals surface area contributed by atoms with Crippen LogP contribution in [0.15, 0.2) is 0 Å². The van der Waals surface area contributed by atoms with E-state index in [0.29, 0.717) is 26.3 Å². The summed E-state index contributed by atoms with van der Waals surface area (Å²) in [5.74, 6) is -1.44. The molecular formula is C14H28N2O5. The van der Waals surface area contributed by atoms with Crippen LogP contribution in [0.3, 0.4) is 0 Å².